The molecule has 3 heterocycles. The fraction of sp³-hybridized carbons (Fsp3) is 0.476. The molecule has 28 heavy (non-hydrogen) atoms. The van der Waals surface area contributed by atoms with Crippen molar-refractivity contribution in [3.63, 3.8) is 0 Å². The Morgan fingerprint density at radius 1 is 1.14 bits per heavy atom. The molecule has 2 atom stereocenters. The number of rotatable bonds is 6. The van der Waals surface area contributed by atoms with Gasteiger partial charge in [0.2, 0.25) is 0 Å². The van der Waals surface area contributed by atoms with Gasteiger partial charge in [-0.15, -0.1) is 0 Å². The van der Waals surface area contributed by atoms with Crippen LogP contribution in [-0.4, -0.2) is 46.2 Å². The molecule has 7 heteroatoms. The molecule has 0 aliphatic carbocycles. The van der Waals surface area contributed by atoms with Crippen molar-refractivity contribution in [3.8, 4) is 11.3 Å². The lowest BCUT2D eigenvalue weighted by molar-refractivity contribution is 0.141. The molecule has 1 aliphatic rings. The third kappa shape index (κ3) is 4.28. The minimum absolute atomic E-state index is 0.487. The van der Waals surface area contributed by atoms with E-state index >= 15 is 0 Å². The Morgan fingerprint density at radius 2 is 1.89 bits per heavy atom. The van der Waals surface area contributed by atoms with Gasteiger partial charge in [0.25, 0.3) is 5.71 Å². The van der Waals surface area contributed by atoms with E-state index in [1.807, 2.05) is 24.3 Å². The van der Waals surface area contributed by atoms with E-state index in [9.17, 15) is 0 Å². The number of likely N-dealkylation sites (tertiary alicyclic amines) is 1. The largest absolute Gasteiger partial charge is 0.369 e. The van der Waals surface area contributed by atoms with Gasteiger partial charge < -0.3 is 14.7 Å². The van der Waals surface area contributed by atoms with Crippen LogP contribution >= 0.6 is 11.6 Å². The predicted octanol–water partition coefficient (Wildman–Crippen LogP) is 4.72. The molecule has 0 saturated carbocycles. The molecule has 2 unspecified atom stereocenters. The highest BCUT2D eigenvalue weighted by Gasteiger charge is 2.21. The second kappa shape index (κ2) is 8.45. The van der Waals surface area contributed by atoms with E-state index in [1.54, 1.807) is 0 Å². The average molecular weight is 400 g/mol. The van der Waals surface area contributed by atoms with E-state index in [0.717, 1.165) is 53.8 Å². The molecule has 6 nitrogen and oxygen atoms in total. The van der Waals surface area contributed by atoms with Crippen LogP contribution in [0.1, 0.15) is 26.7 Å². The van der Waals surface area contributed by atoms with Crippen molar-refractivity contribution in [1.29, 1.82) is 0 Å². The normalized spacial score (nSPS) is 20.5. The van der Waals surface area contributed by atoms with Crippen molar-refractivity contribution in [1.82, 2.24) is 20.0 Å². The van der Waals surface area contributed by atoms with Gasteiger partial charge in [0, 0.05) is 30.2 Å². The zero-order chi connectivity index (χ0) is 19.5. The van der Waals surface area contributed by atoms with Crippen LogP contribution in [0.2, 0.25) is 5.02 Å². The summed E-state index contributed by atoms with van der Waals surface area (Å²) in [6.45, 7) is 9.05. The Balaban J connectivity index is 1.44. The summed E-state index contributed by atoms with van der Waals surface area (Å²) in [5.41, 5.74) is 2.15. The van der Waals surface area contributed by atoms with Gasteiger partial charge in [0.05, 0.1) is 0 Å². The van der Waals surface area contributed by atoms with Crippen LogP contribution in [0.4, 0.5) is 5.82 Å². The maximum Gasteiger partial charge on any atom is 0.263 e. The van der Waals surface area contributed by atoms with Crippen LogP contribution in [0.25, 0.3) is 22.4 Å². The van der Waals surface area contributed by atoms with Gasteiger partial charge in [-0.25, -0.2) is 4.98 Å². The summed E-state index contributed by atoms with van der Waals surface area (Å²) in [4.78, 5) is 11.2. The van der Waals surface area contributed by atoms with Crippen LogP contribution in [0.5, 0.6) is 0 Å². The van der Waals surface area contributed by atoms with Gasteiger partial charge in [0.1, 0.15) is 23.2 Å². The number of anilines is 1. The molecule has 1 fully saturated rings. The maximum atomic E-state index is 6.00. The molecule has 0 radical (unpaired) electrons. The Kier molecular flexibility index (Phi) is 5.78. The Bertz CT molecular complexity index is 916. The Labute approximate surface area is 170 Å². The van der Waals surface area contributed by atoms with Gasteiger partial charge in [-0.3, -0.25) is 0 Å². The number of hydrogen-bond donors (Lipinski definition) is 1. The van der Waals surface area contributed by atoms with E-state index in [-0.39, 0.29) is 0 Å². The zero-order valence-corrected chi connectivity index (χ0v) is 17.1. The molecule has 0 spiro atoms. The molecule has 3 aromatic rings. The Hall–Kier alpha value is -2.18. The first-order valence-electron chi connectivity index (χ1n) is 9.92. The molecule has 1 aromatic carbocycles. The molecule has 1 N–H and O–H groups in total. The van der Waals surface area contributed by atoms with E-state index < -0.39 is 0 Å². The highest BCUT2D eigenvalue weighted by Crippen LogP contribution is 2.31. The number of halogens is 1. The summed E-state index contributed by atoms with van der Waals surface area (Å²) in [6.07, 6.45) is 3.91. The van der Waals surface area contributed by atoms with Crippen molar-refractivity contribution in [3.05, 3.63) is 35.6 Å². The lowest BCUT2D eigenvalue weighted by atomic mass is 9.92. The van der Waals surface area contributed by atoms with Crippen molar-refractivity contribution in [2.75, 3.05) is 31.5 Å². The molecule has 2 aromatic heterocycles. The van der Waals surface area contributed by atoms with Crippen molar-refractivity contribution in [2.45, 2.75) is 26.7 Å². The first kappa shape index (κ1) is 19.2. The van der Waals surface area contributed by atoms with Crippen molar-refractivity contribution >= 4 is 28.5 Å². The van der Waals surface area contributed by atoms with E-state index in [1.165, 1.54) is 25.8 Å². The van der Waals surface area contributed by atoms with Crippen molar-refractivity contribution < 1.29 is 4.52 Å². The average Bonchev–Trinajstić information content (AvgIpc) is 3.10. The number of fused-ring (bicyclic) bond motifs is 1. The quantitative estimate of drug-likeness (QED) is 0.605. The maximum absolute atomic E-state index is 6.00. The lowest BCUT2D eigenvalue weighted by Gasteiger charge is -2.34. The van der Waals surface area contributed by atoms with Crippen LogP contribution < -0.4 is 5.32 Å². The van der Waals surface area contributed by atoms with Gasteiger partial charge in [-0.2, -0.15) is 4.98 Å². The minimum atomic E-state index is 0.487. The second-order valence-corrected chi connectivity index (χ2v) is 8.36. The number of benzene rings is 1. The van der Waals surface area contributed by atoms with Crippen LogP contribution in [0, 0.1) is 11.8 Å². The highest BCUT2D eigenvalue weighted by molar-refractivity contribution is 6.30. The second-order valence-electron chi connectivity index (χ2n) is 7.93. The number of piperidine rings is 1. The predicted molar refractivity (Wildman–Crippen MR) is 113 cm³/mol. The topological polar surface area (TPSA) is 67.1 Å². The van der Waals surface area contributed by atoms with Gasteiger partial charge in [-0.1, -0.05) is 42.7 Å². The summed E-state index contributed by atoms with van der Waals surface area (Å²) in [6, 6.07) is 7.54. The highest BCUT2D eigenvalue weighted by atomic mass is 35.5. The molecule has 4 rings (SSSR count). The summed E-state index contributed by atoms with van der Waals surface area (Å²) < 4.78 is 5.42. The first-order valence-corrected chi connectivity index (χ1v) is 10.3. The zero-order valence-electron chi connectivity index (χ0n) is 16.4. The minimum Gasteiger partial charge on any atom is -0.369 e. The Morgan fingerprint density at radius 3 is 2.64 bits per heavy atom. The third-order valence-electron chi connectivity index (χ3n) is 5.28. The van der Waals surface area contributed by atoms with Gasteiger partial charge in [0.15, 0.2) is 0 Å². The van der Waals surface area contributed by atoms with Crippen LogP contribution in [0.3, 0.4) is 0 Å². The third-order valence-corrected chi connectivity index (χ3v) is 5.53. The monoisotopic (exact) mass is 399 g/mol. The fourth-order valence-electron chi connectivity index (χ4n) is 4.21. The van der Waals surface area contributed by atoms with E-state index in [0.29, 0.717) is 10.7 Å². The van der Waals surface area contributed by atoms with Gasteiger partial charge in [-0.05, 0) is 43.4 Å². The number of hydrogen-bond acceptors (Lipinski definition) is 6. The van der Waals surface area contributed by atoms with Crippen molar-refractivity contribution in [2.24, 2.45) is 11.8 Å². The molecular weight excluding hydrogens is 374 g/mol. The molecular formula is C21H26ClN5O. The summed E-state index contributed by atoms with van der Waals surface area (Å²) in [7, 11) is 0. The van der Waals surface area contributed by atoms with Crippen LogP contribution in [0.15, 0.2) is 35.1 Å². The number of aromatic nitrogens is 3. The van der Waals surface area contributed by atoms with E-state index in [4.69, 9.17) is 16.1 Å². The molecule has 0 bridgehead atoms. The van der Waals surface area contributed by atoms with Gasteiger partial charge >= 0.3 is 0 Å². The smallest absolute Gasteiger partial charge is 0.263 e. The van der Waals surface area contributed by atoms with Crippen LogP contribution in [-0.2, 0) is 0 Å². The van der Waals surface area contributed by atoms with E-state index in [2.05, 4.69) is 39.2 Å². The molecule has 0 amide bonds. The number of nitrogens with one attached hydrogen (secondary N) is 1. The molecule has 1 aliphatic heterocycles. The summed E-state index contributed by atoms with van der Waals surface area (Å²) in [5, 5.41) is 9.16. The molecule has 148 valence electrons. The molecule has 1 saturated heterocycles. The first-order chi connectivity index (χ1) is 13.6. The summed E-state index contributed by atoms with van der Waals surface area (Å²) >= 11 is 6.00. The number of nitrogens with zero attached hydrogens (tertiary/aromatic N) is 4. The fourth-order valence-corrected chi connectivity index (χ4v) is 4.34. The standard InChI is InChI=1S/C21H26ClN5O/c1-14-10-15(2)12-27(11-14)9-3-8-23-20-18-19(16-4-6-17(22)7-5-16)26-28-21(18)25-13-24-20/h4-7,13-15H,3,8-12H2,1-2H3,(H,23,24,25). The lowest BCUT2D eigenvalue weighted by Crippen LogP contribution is -2.39. The summed E-state index contributed by atoms with van der Waals surface area (Å²) in [5.74, 6) is 2.34. The SMILES string of the molecule is CC1CC(C)CN(CCCNc2ncnc3onc(-c4ccc(Cl)cc4)c23)C1.